The van der Waals surface area contributed by atoms with E-state index in [1.807, 2.05) is 0 Å². The van der Waals surface area contributed by atoms with Gasteiger partial charge in [-0.25, -0.2) is 4.79 Å². The van der Waals surface area contributed by atoms with Crippen molar-refractivity contribution in [3.8, 4) is 0 Å². The van der Waals surface area contributed by atoms with Gasteiger partial charge in [0.05, 0.1) is 10.7 Å². The Bertz CT molecular complexity index is 1020. The maximum Gasteiger partial charge on any atom is 0.323 e. The lowest BCUT2D eigenvalue weighted by Crippen LogP contribution is -2.21. The van der Waals surface area contributed by atoms with Crippen LogP contribution >= 0.6 is 34.8 Å². The van der Waals surface area contributed by atoms with Gasteiger partial charge in [-0.2, -0.15) is 0 Å². The number of benzene rings is 3. The summed E-state index contributed by atoms with van der Waals surface area (Å²) in [6.45, 7) is 0. The predicted octanol–water partition coefficient (Wildman–Crippen LogP) is 6.52. The lowest BCUT2D eigenvalue weighted by molar-refractivity contribution is 0.103. The van der Waals surface area contributed by atoms with Crippen LogP contribution in [0.5, 0.6) is 0 Å². The molecular formula is C20H13Cl3N2O2. The Morgan fingerprint density at radius 1 is 0.704 bits per heavy atom. The average molecular weight is 420 g/mol. The van der Waals surface area contributed by atoms with Crippen LogP contribution in [0.25, 0.3) is 0 Å². The number of anilines is 2. The van der Waals surface area contributed by atoms with Crippen molar-refractivity contribution < 1.29 is 9.59 Å². The van der Waals surface area contributed by atoms with Gasteiger partial charge < -0.3 is 10.6 Å². The molecule has 0 unspecified atom stereocenters. The van der Waals surface area contributed by atoms with E-state index in [1.54, 1.807) is 60.7 Å². The van der Waals surface area contributed by atoms with Gasteiger partial charge in [-0.05, 0) is 48.5 Å². The molecule has 0 saturated heterocycles. The fourth-order valence-corrected chi connectivity index (χ4v) is 3.04. The molecule has 4 nitrogen and oxygen atoms in total. The number of hydrogen-bond acceptors (Lipinski definition) is 2. The molecule has 0 aliphatic carbocycles. The van der Waals surface area contributed by atoms with Crippen LogP contribution in [-0.4, -0.2) is 11.8 Å². The van der Waals surface area contributed by atoms with Crippen LogP contribution in [0.3, 0.4) is 0 Å². The molecule has 0 aliphatic heterocycles. The molecule has 7 heteroatoms. The number of urea groups is 1. The van der Waals surface area contributed by atoms with E-state index >= 15 is 0 Å². The molecule has 0 radical (unpaired) electrons. The Kier molecular flexibility index (Phi) is 6.01. The summed E-state index contributed by atoms with van der Waals surface area (Å²) < 4.78 is 0. The van der Waals surface area contributed by atoms with Gasteiger partial charge in [0.25, 0.3) is 0 Å². The van der Waals surface area contributed by atoms with Crippen molar-refractivity contribution >= 4 is 58.0 Å². The van der Waals surface area contributed by atoms with Crippen LogP contribution in [0.15, 0.2) is 66.7 Å². The molecule has 136 valence electrons. The Hall–Kier alpha value is -2.53. The molecule has 0 fully saturated rings. The minimum absolute atomic E-state index is 0.233. The number of rotatable bonds is 4. The highest BCUT2D eigenvalue weighted by Crippen LogP contribution is 2.27. The van der Waals surface area contributed by atoms with Crippen molar-refractivity contribution in [2.45, 2.75) is 0 Å². The minimum atomic E-state index is -0.521. The van der Waals surface area contributed by atoms with Gasteiger partial charge in [0.15, 0.2) is 5.78 Å². The maximum absolute atomic E-state index is 12.9. The lowest BCUT2D eigenvalue weighted by Gasteiger charge is -2.13. The smallest absolute Gasteiger partial charge is 0.308 e. The predicted molar refractivity (Wildman–Crippen MR) is 110 cm³/mol. The van der Waals surface area contributed by atoms with E-state index in [-0.39, 0.29) is 11.3 Å². The third-order valence-corrected chi connectivity index (χ3v) is 4.48. The molecule has 0 bridgehead atoms. The maximum atomic E-state index is 12.9. The molecule has 0 heterocycles. The summed E-state index contributed by atoms with van der Waals surface area (Å²) in [4.78, 5) is 25.2. The zero-order chi connectivity index (χ0) is 19.4. The van der Waals surface area contributed by atoms with Gasteiger partial charge in [0.2, 0.25) is 0 Å². The Morgan fingerprint density at radius 3 is 2.19 bits per heavy atom. The Labute approximate surface area is 171 Å². The van der Waals surface area contributed by atoms with Crippen molar-refractivity contribution in [1.82, 2.24) is 0 Å². The van der Waals surface area contributed by atoms with Crippen molar-refractivity contribution in [1.29, 1.82) is 0 Å². The molecule has 0 aromatic heterocycles. The van der Waals surface area contributed by atoms with E-state index in [2.05, 4.69) is 10.6 Å². The van der Waals surface area contributed by atoms with Crippen molar-refractivity contribution in [3.05, 3.63) is 92.9 Å². The van der Waals surface area contributed by atoms with Gasteiger partial charge in [-0.15, -0.1) is 0 Å². The highest BCUT2D eigenvalue weighted by molar-refractivity contribution is 6.36. The molecule has 0 atom stereocenters. The zero-order valence-electron chi connectivity index (χ0n) is 13.8. The number of amides is 2. The molecule has 2 N–H and O–H groups in total. The molecule has 0 saturated carbocycles. The fourth-order valence-electron chi connectivity index (χ4n) is 2.45. The monoisotopic (exact) mass is 418 g/mol. The first-order chi connectivity index (χ1) is 12.9. The normalized spacial score (nSPS) is 10.3. The van der Waals surface area contributed by atoms with Crippen LogP contribution in [0.1, 0.15) is 15.9 Å². The van der Waals surface area contributed by atoms with E-state index in [0.29, 0.717) is 32.0 Å². The summed E-state index contributed by atoms with van der Waals surface area (Å²) in [5.41, 5.74) is 1.38. The Morgan fingerprint density at radius 2 is 1.44 bits per heavy atom. The van der Waals surface area contributed by atoms with Gasteiger partial charge in [-0.3, -0.25) is 4.79 Å². The summed E-state index contributed by atoms with van der Waals surface area (Å²) in [6, 6.07) is 17.5. The third-order valence-electron chi connectivity index (χ3n) is 3.68. The van der Waals surface area contributed by atoms with E-state index in [9.17, 15) is 9.59 Å². The molecule has 27 heavy (non-hydrogen) atoms. The largest absolute Gasteiger partial charge is 0.323 e. The van der Waals surface area contributed by atoms with Crippen LogP contribution in [0.4, 0.5) is 16.2 Å². The van der Waals surface area contributed by atoms with E-state index < -0.39 is 6.03 Å². The summed E-state index contributed by atoms with van der Waals surface area (Å²) >= 11 is 18.1. The molecular weight excluding hydrogens is 407 g/mol. The first-order valence-electron chi connectivity index (χ1n) is 7.86. The van der Waals surface area contributed by atoms with Gasteiger partial charge in [-0.1, -0.05) is 53.0 Å². The molecule has 0 aliphatic rings. The minimum Gasteiger partial charge on any atom is -0.308 e. The number of ketones is 1. The van der Waals surface area contributed by atoms with Crippen LogP contribution in [-0.2, 0) is 0 Å². The van der Waals surface area contributed by atoms with E-state index in [0.717, 1.165) is 0 Å². The van der Waals surface area contributed by atoms with Gasteiger partial charge >= 0.3 is 6.03 Å². The average Bonchev–Trinajstić information content (AvgIpc) is 2.63. The third kappa shape index (κ3) is 4.80. The molecule has 3 aromatic rings. The lowest BCUT2D eigenvalue weighted by atomic mass is 10.0. The summed E-state index contributed by atoms with van der Waals surface area (Å²) in [6.07, 6.45) is 0. The summed E-state index contributed by atoms with van der Waals surface area (Å²) in [5, 5.41) is 6.50. The number of carbonyl (C=O) groups excluding carboxylic acids is 2. The number of nitrogens with one attached hydrogen (secondary N) is 2. The second-order valence-electron chi connectivity index (χ2n) is 5.59. The first kappa shape index (κ1) is 19.2. The molecule has 0 spiro atoms. The number of carbonyl (C=O) groups is 2. The quantitative estimate of drug-likeness (QED) is 0.473. The second kappa shape index (κ2) is 8.44. The van der Waals surface area contributed by atoms with Crippen LogP contribution < -0.4 is 10.6 Å². The van der Waals surface area contributed by atoms with Crippen LogP contribution in [0.2, 0.25) is 15.1 Å². The summed E-state index contributed by atoms with van der Waals surface area (Å²) in [7, 11) is 0. The Balaban J connectivity index is 1.87. The molecule has 3 rings (SSSR count). The van der Waals surface area contributed by atoms with Crippen molar-refractivity contribution in [2.24, 2.45) is 0 Å². The highest BCUT2D eigenvalue weighted by atomic mass is 35.5. The van der Waals surface area contributed by atoms with E-state index in [1.165, 1.54) is 6.07 Å². The van der Waals surface area contributed by atoms with Gasteiger partial charge in [0.1, 0.15) is 0 Å². The van der Waals surface area contributed by atoms with Gasteiger partial charge in [0, 0.05) is 26.9 Å². The number of halogens is 3. The SMILES string of the molecule is O=C(Nc1cccc(Cl)c1)Nc1ccc(Cl)cc1C(=O)c1ccccc1Cl. The van der Waals surface area contributed by atoms with Crippen LogP contribution in [0, 0.1) is 0 Å². The molecule has 3 aromatic carbocycles. The first-order valence-corrected chi connectivity index (χ1v) is 9.00. The summed E-state index contributed by atoms with van der Waals surface area (Å²) in [5.74, 6) is -0.346. The number of hydrogen-bond donors (Lipinski definition) is 2. The second-order valence-corrected chi connectivity index (χ2v) is 6.87. The van der Waals surface area contributed by atoms with E-state index in [4.69, 9.17) is 34.8 Å². The highest BCUT2D eigenvalue weighted by Gasteiger charge is 2.18. The molecule has 2 amide bonds. The van der Waals surface area contributed by atoms with Crippen molar-refractivity contribution in [2.75, 3.05) is 10.6 Å². The fraction of sp³-hybridized carbons (Fsp3) is 0. The standard InChI is InChI=1S/C20H13Cl3N2O2/c21-12-4-3-5-14(10-12)24-20(27)25-18-9-8-13(22)11-16(18)19(26)15-6-1-2-7-17(15)23/h1-11H,(H2,24,25,27). The zero-order valence-corrected chi connectivity index (χ0v) is 16.1. The van der Waals surface area contributed by atoms with Crippen molar-refractivity contribution in [3.63, 3.8) is 0 Å². The topological polar surface area (TPSA) is 58.2 Å².